The van der Waals surface area contributed by atoms with Crippen molar-refractivity contribution in [1.29, 1.82) is 0 Å². The van der Waals surface area contributed by atoms with Crippen LogP contribution in [0.3, 0.4) is 0 Å². The Labute approximate surface area is 174 Å². The average Bonchev–Trinajstić information content (AvgIpc) is 3.22. The zero-order valence-electron chi connectivity index (χ0n) is 16.5. The first-order valence-electron chi connectivity index (χ1n) is 9.51. The van der Waals surface area contributed by atoms with E-state index in [9.17, 15) is 9.59 Å². The fourth-order valence-electron chi connectivity index (χ4n) is 3.18. The summed E-state index contributed by atoms with van der Waals surface area (Å²) in [5.74, 6) is 0.0607. The van der Waals surface area contributed by atoms with Crippen molar-refractivity contribution in [1.82, 2.24) is 20.3 Å². The van der Waals surface area contributed by atoms with E-state index in [1.807, 2.05) is 24.3 Å². The van der Waals surface area contributed by atoms with Crippen LogP contribution in [0.1, 0.15) is 30.3 Å². The minimum Gasteiger partial charge on any atom is -0.496 e. The molecular formula is C20H24N4O4S. The van der Waals surface area contributed by atoms with Gasteiger partial charge in [-0.25, -0.2) is 9.99 Å². The monoisotopic (exact) mass is 416 g/mol. The number of thiocarbonyl (C=S) groups is 1. The summed E-state index contributed by atoms with van der Waals surface area (Å²) in [6, 6.07) is 9.17. The van der Waals surface area contributed by atoms with E-state index in [1.165, 1.54) is 0 Å². The van der Waals surface area contributed by atoms with Gasteiger partial charge in [-0.2, -0.15) is 0 Å². The molecule has 0 radical (unpaired) electrons. The summed E-state index contributed by atoms with van der Waals surface area (Å²) in [4.78, 5) is 29.1. The van der Waals surface area contributed by atoms with Crippen LogP contribution >= 0.6 is 12.2 Å². The van der Waals surface area contributed by atoms with E-state index in [2.05, 4.69) is 10.3 Å². The SMILES string of the molecule is CCOC(=O)CCNC(=S)N1CCCN1C(=O)c1cc(OC)c2ccccc2n1. The minimum atomic E-state index is -0.287. The molecule has 2 aromatic rings. The molecule has 154 valence electrons. The molecule has 8 nitrogen and oxygen atoms in total. The maximum atomic E-state index is 13.1. The van der Waals surface area contributed by atoms with Crippen molar-refractivity contribution in [2.75, 3.05) is 33.4 Å². The number of para-hydroxylation sites is 1. The maximum absolute atomic E-state index is 13.1. The number of nitrogens with one attached hydrogen (secondary N) is 1. The second-order valence-corrected chi connectivity index (χ2v) is 6.81. The summed E-state index contributed by atoms with van der Waals surface area (Å²) in [5.41, 5.74) is 0.984. The molecule has 9 heteroatoms. The lowest BCUT2D eigenvalue weighted by Crippen LogP contribution is -2.49. The van der Waals surface area contributed by atoms with Gasteiger partial charge in [0.15, 0.2) is 5.11 Å². The summed E-state index contributed by atoms with van der Waals surface area (Å²) in [5, 5.41) is 7.56. The number of esters is 1. The Kier molecular flexibility index (Phi) is 6.82. The highest BCUT2D eigenvalue weighted by molar-refractivity contribution is 7.80. The van der Waals surface area contributed by atoms with E-state index >= 15 is 0 Å². The van der Waals surface area contributed by atoms with Crippen molar-refractivity contribution >= 4 is 40.1 Å². The third kappa shape index (κ3) is 4.73. The van der Waals surface area contributed by atoms with Gasteiger partial charge in [0, 0.05) is 31.1 Å². The second-order valence-electron chi connectivity index (χ2n) is 6.42. The lowest BCUT2D eigenvalue weighted by Gasteiger charge is -2.30. The molecule has 29 heavy (non-hydrogen) atoms. The van der Waals surface area contributed by atoms with E-state index in [0.29, 0.717) is 48.3 Å². The number of hydrogen-bond acceptors (Lipinski definition) is 6. The fraction of sp³-hybridized carbons (Fsp3) is 0.400. The van der Waals surface area contributed by atoms with Crippen molar-refractivity contribution in [3.8, 4) is 5.75 Å². The molecule has 1 saturated heterocycles. The van der Waals surface area contributed by atoms with Gasteiger partial charge in [-0.1, -0.05) is 12.1 Å². The number of hydrogen-bond donors (Lipinski definition) is 1. The summed E-state index contributed by atoms with van der Waals surface area (Å²) in [7, 11) is 1.57. The number of amides is 1. The number of fused-ring (bicyclic) bond motifs is 1. The summed E-state index contributed by atoms with van der Waals surface area (Å²) >= 11 is 5.43. The Hall–Kier alpha value is -2.94. The van der Waals surface area contributed by atoms with Crippen molar-refractivity contribution in [3.63, 3.8) is 0 Å². The highest BCUT2D eigenvalue weighted by Gasteiger charge is 2.30. The number of pyridine rings is 1. The van der Waals surface area contributed by atoms with Crippen LogP contribution in [0.2, 0.25) is 0 Å². The molecule has 0 bridgehead atoms. The lowest BCUT2D eigenvalue weighted by atomic mass is 10.1. The molecule has 1 aliphatic rings. The van der Waals surface area contributed by atoms with Crippen LogP contribution in [-0.2, 0) is 9.53 Å². The molecule has 0 aliphatic carbocycles. The number of rotatable bonds is 6. The fourth-order valence-corrected chi connectivity index (χ4v) is 3.48. The minimum absolute atomic E-state index is 0.208. The van der Waals surface area contributed by atoms with Gasteiger partial charge < -0.3 is 14.8 Å². The van der Waals surface area contributed by atoms with Crippen molar-refractivity contribution in [3.05, 3.63) is 36.0 Å². The van der Waals surface area contributed by atoms with E-state index in [4.69, 9.17) is 21.7 Å². The molecule has 1 aromatic heterocycles. The van der Waals surface area contributed by atoms with Crippen LogP contribution < -0.4 is 10.1 Å². The topological polar surface area (TPSA) is 84.0 Å². The number of hydrazine groups is 1. The quantitative estimate of drug-likeness (QED) is 0.566. The molecule has 0 atom stereocenters. The van der Waals surface area contributed by atoms with Gasteiger partial charge in [-0.15, -0.1) is 0 Å². The van der Waals surface area contributed by atoms with Gasteiger partial charge in [-0.3, -0.25) is 14.6 Å². The average molecular weight is 417 g/mol. The first-order chi connectivity index (χ1) is 14.0. The Morgan fingerprint density at radius 1 is 1.24 bits per heavy atom. The number of methoxy groups -OCH3 is 1. The Morgan fingerprint density at radius 2 is 2.00 bits per heavy atom. The number of carbonyl (C=O) groups is 2. The summed E-state index contributed by atoms with van der Waals surface area (Å²) in [6.45, 7) is 3.61. The number of nitrogens with zero attached hydrogens (tertiary/aromatic N) is 3. The predicted octanol–water partition coefficient (Wildman–Crippen LogP) is 2.13. The van der Waals surface area contributed by atoms with Gasteiger partial charge in [0.2, 0.25) is 0 Å². The molecule has 0 unspecified atom stereocenters. The number of benzene rings is 1. The zero-order valence-corrected chi connectivity index (χ0v) is 17.3. The van der Waals surface area contributed by atoms with Gasteiger partial charge in [0.1, 0.15) is 11.4 Å². The van der Waals surface area contributed by atoms with Gasteiger partial charge in [0.25, 0.3) is 5.91 Å². The highest BCUT2D eigenvalue weighted by atomic mass is 32.1. The first kappa shape index (κ1) is 20.8. The van der Waals surface area contributed by atoms with E-state index < -0.39 is 0 Å². The molecule has 1 N–H and O–H groups in total. The maximum Gasteiger partial charge on any atom is 0.307 e. The predicted molar refractivity (Wildman–Crippen MR) is 113 cm³/mol. The van der Waals surface area contributed by atoms with Gasteiger partial charge in [0.05, 0.1) is 25.7 Å². The number of carbonyl (C=O) groups excluding carboxylic acids is 2. The van der Waals surface area contributed by atoms with E-state index in [1.54, 1.807) is 30.1 Å². The van der Waals surface area contributed by atoms with Crippen molar-refractivity contribution in [2.45, 2.75) is 19.8 Å². The molecule has 1 fully saturated rings. The van der Waals surface area contributed by atoms with Gasteiger partial charge >= 0.3 is 5.97 Å². The van der Waals surface area contributed by atoms with Crippen LogP contribution in [0.4, 0.5) is 0 Å². The lowest BCUT2D eigenvalue weighted by molar-refractivity contribution is -0.142. The molecule has 1 amide bonds. The van der Waals surface area contributed by atoms with Crippen LogP contribution in [0, 0.1) is 0 Å². The summed E-state index contributed by atoms with van der Waals surface area (Å²) in [6.07, 6.45) is 0.995. The Balaban J connectivity index is 1.72. The Bertz CT molecular complexity index is 920. The van der Waals surface area contributed by atoms with Crippen molar-refractivity contribution < 1.29 is 19.1 Å². The molecule has 1 aliphatic heterocycles. The van der Waals surface area contributed by atoms with Crippen LogP contribution in [-0.4, -0.2) is 65.3 Å². The summed E-state index contributed by atoms with van der Waals surface area (Å²) < 4.78 is 10.3. The molecule has 2 heterocycles. The van der Waals surface area contributed by atoms with E-state index in [0.717, 1.165) is 11.8 Å². The van der Waals surface area contributed by atoms with Crippen molar-refractivity contribution in [2.24, 2.45) is 0 Å². The molecular weight excluding hydrogens is 392 g/mol. The molecule has 3 rings (SSSR count). The van der Waals surface area contributed by atoms with E-state index in [-0.39, 0.29) is 18.3 Å². The molecule has 0 saturated carbocycles. The van der Waals surface area contributed by atoms with Gasteiger partial charge in [-0.05, 0) is 37.7 Å². The molecule has 0 spiro atoms. The number of ether oxygens (including phenoxy) is 2. The molecule has 1 aromatic carbocycles. The van der Waals surface area contributed by atoms with Crippen LogP contribution in [0.5, 0.6) is 5.75 Å². The largest absolute Gasteiger partial charge is 0.496 e. The van der Waals surface area contributed by atoms with Crippen LogP contribution in [0.25, 0.3) is 10.9 Å². The first-order valence-corrected chi connectivity index (χ1v) is 9.92. The smallest absolute Gasteiger partial charge is 0.307 e. The van der Waals surface area contributed by atoms with Crippen LogP contribution in [0.15, 0.2) is 30.3 Å². The zero-order chi connectivity index (χ0) is 20.8. The second kappa shape index (κ2) is 9.51. The third-order valence-electron chi connectivity index (χ3n) is 4.53. The Morgan fingerprint density at radius 3 is 2.76 bits per heavy atom. The highest BCUT2D eigenvalue weighted by Crippen LogP contribution is 2.26. The standard InChI is InChI=1S/C20H24N4O4S/c1-3-28-18(25)9-10-21-20(29)24-12-6-11-23(24)19(26)16-13-17(27-2)14-7-4-5-8-15(14)22-16/h4-5,7-8,13H,3,6,9-12H2,1-2H3,(H,21,29). The third-order valence-corrected chi connectivity index (χ3v) is 4.88. The normalized spacial score (nSPS) is 13.4. The number of aromatic nitrogens is 1.